The molecule has 1 atom stereocenters. The van der Waals surface area contributed by atoms with Crippen molar-refractivity contribution in [1.29, 1.82) is 0 Å². The quantitative estimate of drug-likeness (QED) is 0.791. The third kappa shape index (κ3) is 3.46. The highest BCUT2D eigenvalue weighted by Gasteiger charge is 2.21. The van der Waals surface area contributed by atoms with Crippen molar-refractivity contribution >= 4 is 6.01 Å². The maximum absolute atomic E-state index is 5.52. The summed E-state index contributed by atoms with van der Waals surface area (Å²) in [6.07, 6.45) is 6.72. The molecule has 0 amide bonds. The molecule has 0 saturated heterocycles. The number of nitrogens with one attached hydrogen (secondary N) is 1. The van der Waals surface area contributed by atoms with Gasteiger partial charge in [-0.1, -0.05) is 13.3 Å². The maximum atomic E-state index is 5.52. The van der Waals surface area contributed by atoms with Gasteiger partial charge in [-0.25, -0.2) is 0 Å². The smallest absolute Gasteiger partial charge is 0.297 e. The van der Waals surface area contributed by atoms with Crippen molar-refractivity contribution in [2.75, 3.05) is 11.9 Å². The van der Waals surface area contributed by atoms with Crippen LogP contribution in [0.1, 0.15) is 45.2 Å². The first-order chi connectivity index (χ1) is 8.20. The molecular formula is C13H23N3O. The molecule has 1 aliphatic rings. The van der Waals surface area contributed by atoms with Crippen LogP contribution in [0, 0.1) is 0 Å². The maximum Gasteiger partial charge on any atom is 0.297 e. The van der Waals surface area contributed by atoms with E-state index in [1.54, 1.807) is 6.26 Å². The standard InChI is InChI=1S/C13H23N3O/c1-4-5-10(2)16(3)13-15-12(9-17-13)8-14-11-6-7-11/h9-11,14H,4-8H2,1-3H3. The lowest BCUT2D eigenvalue weighted by Crippen LogP contribution is -2.28. The van der Waals surface area contributed by atoms with Crippen LogP contribution >= 0.6 is 0 Å². The number of aromatic nitrogens is 1. The Morgan fingerprint density at radius 1 is 1.59 bits per heavy atom. The van der Waals surface area contributed by atoms with Crippen LogP contribution in [0.25, 0.3) is 0 Å². The van der Waals surface area contributed by atoms with Crippen LogP contribution in [-0.4, -0.2) is 24.1 Å². The summed E-state index contributed by atoms with van der Waals surface area (Å²) >= 11 is 0. The molecule has 1 saturated carbocycles. The summed E-state index contributed by atoms with van der Waals surface area (Å²) in [6, 6.07) is 1.92. The number of anilines is 1. The van der Waals surface area contributed by atoms with Crippen molar-refractivity contribution in [3.05, 3.63) is 12.0 Å². The highest BCUT2D eigenvalue weighted by Crippen LogP contribution is 2.20. The van der Waals surface area contributed by atoms with Gasteiger partial charge >= 0.3 is 0 Å². The van der Waals surface area contributed by atoms with Gasteiger partial charge in [0.15, 0.2) is 0 Å². The highest BCUT2D eigenvalue weighted by atomic mass is 16.4. The SMILES string of the molecule is CCCC(C)N(C)c1nc(CNC2CC2)co1. The lowest BCUT2D eigenvalue weighted by atomic mass is 10.2. The van der Waals surface area contributed by atoms with Crippen molar-refractivity contribution in [1.82, 2.24) is 10.3 Å². The molecule has 1 aromatic rings. The fraction of sp³-hybridized carbons (Fsp3) is 0.769. The Kier molecular flexibility index (Phi) is 4.05. The Morgan fingerprint density at radius 2 is 2.35 bits per heavy atom. The third-order valence-corrected chi connectivity index (χ3v) is 3.36. The molecule has 2 rings (SSSR count). The molecule has 0 aromatic carbocycles. The zero-order valence-corrected chi connectivity index (χ0v) is 11.1. The Morgan fingerprint density at radius 3 is 3.00 bits per heavy atom. The van der Waals surface area contributed by atoms with E-state index in [0.717, 1.165) is 24.7 Å². The van der Waals surface area contributed by atoms with Crippen LogP contribution in [-0.2, 0) is 6.54 Å². The second kappa shape index (κ2) is 5.54. The minimum atomic E-state index is 0.475. The summed E-state index contributed by atoms with van der Waals surface area (Å²) in [6.45, 7) is 5.23. The van der Waals surface area contributed by atoms with Crippen LogP contribution in [0.5, 0.6) is 0 Å². The summed E-state index contributed by atoms with van der Waals surface area (Å²) in [4.78, 5) is 6.63. The molecule has 4 heteroatoms. The fourth-order valence-electron chi connectivity index (χ4n) is 1.88. The zero-order valence-electron chi connectivity index (χ0n) is 11.1. The molecule has 1 fully saturated rings. The average molecular weight is 237 g/mol. The normalized spacial score (nSPS) is 17.1. The van der Waals surface area contributed by atoms with Crippen LogP contribution in [0.3, 0.4) is 0 Å². The van der Waals surface area contributed by atoms with Crippen molar-refractivity contribution in [3.63, 3.8) is 0 Å². The van der Waals surface area contributed by atoms with Gasteiger partial charge in [0, 0.05) is 25.7 Å². The molecule has 1 N–H and O–H groups in total. The van der Waals surface area contributed by atoms with Gasteiger partial charge in [0.25, 0.3) is 6.01 Å². The predicted molar refractivity (Wildman–Crippen MR) is 69.1 cm³/mol. The Bertz CT molecular complexity index is 346. The van der Waals surface area contributed by atoms with E-state index in [0.29, 0.717) is 12.1 Å². The zero-order chi connectivity index (χ0) is 12.3. The lowest BCUT2D eigenvalue weighted by molar-refractivity contribution is 0.506. The van der Waals surface area contributed by atoms with Crippen molar-refractivity contribution < 1.29 is 4.42 Å². The number of hydrogen-bond donors (Lipinski definition) is 1. The minimum absolute atomic E-state index is 0.475. The average Bonchev–Trinajstić information content (AvgIpc) is 3.03. The Hall–Kier alpha value is -1.03. The monoisotopic (exact) mass is 237 g/mol. The Labute approximate surface area is 103 Å². The van der Waals surface area contributed by atoms with Crippen LogP contribution in [0.2, 0.25) is 0 Å². The van der Waals surface area contributed by atoms with Gasteiger partial charge in [0.1, 0.15) is 6.26 Å². The number of nitrogens with zero attached hydrogens (tertiary/aromatic N) is 2. The summed E-state index contributed by atoms with van der Waals surface area (Å²) in [5.74, 6) is 0. The predicted octanol–water partition coefficient (Wildman–Crippen LogP) is 2.55. The lowest BCUT2D eigenvalue weighted by Gasteiger charge is -2.22. The van der Waals surface area contributed by atoms with E-state index in [1.807, 2.05) is 7.05 Å². The van der Waals surface area contributed by atoms with E-state index in [2.05, 4.69) is 29.0 Å². The molecule has 0 radical (unpaired) electrons. The number of oxazole rings is 1. The first-order valence-electron chi connectivity index (χ1n) is 6.61. The van der Waals surface area contributed by atoms with Crippen LogP contribution in [0.4, 0.5) is 6.01 Å². The van der Waals surface area contributed by atoms with E-state index in [1.165, 1.54) is 19.3 Å². The topological polar surface area (TPSA) is 41.3 Å². The summed E-state index contributed by atoms with van der Waals surface area (Å²) < 4.78 is 5.52. The van der Waals surface area contributed by atoms with Gasteiger partial charge in [0.05, 0.1) is 5.69 Å². The fourth-order valence-corrected chi connectivity index (χ4v) is 1.88. The number of hydrogen-bond acceptors (Lipinski definition) is 4. The second-order valence-electron chi connectivity index (χ2n) is 5.03. The molecule has 17 heavy (non-hydrogen) atoms. The van der Waals surface area contributed by atoms with E-state index in [9.17, 15) is 0 Å². The second-order valence-corrected chi connectivity index (χ2v) is 5.03. The van der Waals surface area contributed by atoms with Gasteiger partial charge in [-0.15, -0.1) is 0 Å². The van der Waals surface area contributed by atoms with E-state index in [4.69, 9.17) is 4.42 Å². The van der Waals surface area contributed by atoms with E-state index in [-0.39, 0.29) is 0 Å². The molecule has 1 aliphatic carbocycles. The molecule has 1 heterocycles. The molecule has 96 valence electrons. The van der Waals surface area contributed by atoms with E-state index < -0.39 is 0 Å². The van der Waals surface area contributed by atoms with Crippen molar-refractivity contribution in [3.8, 4) is 0 Å². The summed E-state index contributed by atoms with van der Waals surface area (Å²) in [5.41, 5.74) is 1.00. The highest BCUT2D eigenvalue weighted by molar-refractivity contribution is 5.27. The first-order valence-corrected chi connectivity index (χ1v) is 6.61. The van der Waals surface area contributed by atoms with Gasteiger partial charge in [-0.2, -0.15) is 4.98 Å². The van der Waals surface area contributed by atoms with Crippen molar-refractivity contribution in [2.45, 2.75) is 58.2 Å². The van der Waals surface area contributed by atoms with Crippen molar-refractivity contribution in [2.24, 2.45) is 0 Å². The molecule has 0 spiro atoms. The first kappa shape index (κ1) is 12.4. The van der Waals surface area contributed by atoms with Crippen LogP contribution in [0.15, 0.2) is 10.7 Å². The van der Waals surface area contributed by atoms with Gasteiger partial charge in [-0.05, 0) is 26.2 Å². The van der Waals surface area contributed by atoms with Gasteiger partial charge in [0.2, 0.25) is 0 Å². The molecular weight excluding hydrogens is 214 g/mol. The minimum Gasteiger partial charge on any atom is -0.432 e. The third-order valence-electron chi connectivity index (χ3n) is 3.36. The molecule has 1 unspecified atom stereocenters. The molecule has 1 aromatic heterocycles. The van der Waals surface area contributed by atoms with E-state index >= 15 is 0 Å². The number of rotatable bonds is 7. The largest absolute Gasteiger partial charge is 0.432 e. The van der Waals surface area contributed by atoms with Gasteiger partial charge < -0.3 is 14.6 Å². The Balaban J connectivity index is 1.86. The molecule has 0 bridgehead atoms. The summed E-state index contributed by atoms with van der Waals surface area (Å²) in [7, 11) is 2.05. The molecule has 4 nitrogen and oxygen atoms in total. The van der Waals surface area contributed by atoms with Gasteiger partial charge in [-0.3, -0.25) is 0 Å². The van der Waals surface area contributed by atoms with Crippen LogP contribution < -0.4 is 10.2 Å². The molecule has 0 aliphatic heterocycles. The summed E-state index contributed by atoms with van der Waals surface area (Å²) in [5, 5.41) is 3.44.